The van der Waals surface area contributed by atoms with Crippen molar-refractivity contribution in [1.82, 2.24) is 0 Å². The maximum Gasteiger partial charge on any atom is 0.193 e. The molecular weight excluding hydrogens is 190 g/mol. The molecule has 0 aliphatic heterocycles. The first-order valence-corrected chi connectivity index (χ1v) is 3.97. The fourth-order valence-corrected chi connectivity index (χ4v) is 1.27. The Kier molecular flexibility index (Phi) is 1.84. The van der Waals surface area contributed by atoms with Gasteiger partial charge in [-0.05, 0) is 13.0 Å². The second-order valence-corrected chi connectivity index (χ2v) is 2.98. The highest BCUT2D eigenvalue weighted by molar-refractivity contribution is 5.76. The Labute approximate surface area is 77.8 Å². The zero-order valence-electron chi connectivity index (χ0n) is 7.30. The van der Waals surface area contributed by atoms with Crippen molar-refractivity contribution in [3.8, 4) is 0 Å². The molecule has 1 aromatic heterocycles. The molecule has 14 heavy (non-hydrogen) atoms. The second kappa shape index (κ2) is 2.90. The minimum Gasteiger partial charge on any atom is -0.461 e. The summed E-state index contributed by atoms with van der Waals surface area (Å²) >= 11 is 0. The Hall–Kier alpha value is -1.71. The van der Waals surface area contributed by atoms with Gasteiger partial charge in [0.2, 0.25) is 0 Å². The van der Waals surface area contributed by atoms with E-state index >= 15 is 0 Å². The predicted octanol–water partition coefficient (Wildman–Crippen LogP) is 2.38. The molecule has 72 valence electrons. The van der Waals surface area contributed by atoms with Crippen LogP contribution in [0.1, 0.15) is 5.76 Å². The number of aryl methyl sites for hydroxylation is 1. The summed E-state index contributed by atoms with van der Waals surface area (Å²) in [7, 11) is 0. The van der Waals surface area contributed by atoms with Crippen LogP contribution in [0.3, 0.4) is 0 Å². The zero-order valence-corrected chi connectivity index (χ0v) is 7.30. The van der Waals surface area contributed by atoms with E-state index in [1.54, 1.807) is 6.92 Å². The maximum absolute atomic E-state index is 12.8. The lowest BCUT2D eigenvalue weighted by molar-refractivity contribution is 0.502. The van der Waals surface area contributed by atoms with Crippen LogP contribution in [-0.2, 0) is 0 Å². The smallest absolute Gasteiger partial charge is 0.193 e. The number of fused-ring (bicyclic) bond motifs is 1. The van der Waals surface area contributed by atoms with Crippen LogP contribution in [0.4, 0.5) is 8.78 Å². The lowest BCUT2D eigenvalue weighted by Gasteiger charge is -1.99. The third kappa shape index (κ3) is 1.28. The van der Waals surface area contributed by atoms with E-state index in [0.717, 1.165) is 12.1 Å². The van der Waals surface area contributed by atoms with E-state index in [0.29, 0.717) is 5.76 Å². The Morgan fingerprint density at radius 2 is 1.79 bits per heavy atom. The van der Waals surface area contributed by atoms with Crippen LogP contribution in [-0.4, -0.2) is 0 Å². The van der Waals surface area contributed by atoms with E-state index in [2.05, 4.69) is 0 Å². The van der Waals surface area contributed by atoms with E-state index in [-0.39, 0.29) is 16.4 Å². The molecule has 4 heteroatoms. The molecule has 2 aromatic rings. The standard InChI is InChI=1S/C10H6F2O2/c1-5-2-9(13)6-3-7(11)8(12)4-10(6)14-5/h2-4H,1H3. The molecule has 0 spiro atoms. The summed E-state index contributed by atoms with van der Waals surface area (Å²) in [4.78, 5) is 11.3. The third-order valence-corrected chi connectivity index (χ3v) is 1.89. The lowest BCUT2D eigenvalue weighted by Crippen LogP contribution is -2.01. The monoisotopic (exact) mass is 196 g/mol. The summed E-state index contributed by atoms with van der Waals surface area (Å²) in [5.74, 6) is -1.70. The summed E-state index contributed by atoms with van der Waals surface area (Å²) in [5, 5.41) is 0.0505. The number of halogens is 2. The van der Waals surface area contributed by atoms with Crippen molar-refractivity contribution in [2.75, 3.05) is 0 Å². The van der Waals surface area contributed by atoms with Crippen molar-refractivity contribution < 1.29 is 13.2 Å². The lowest BCUT2D eigenvalue weighted by atomic mass is 10.2. The van der Waals surface area contributed by atoms with Gasteiger partial charge in [-0.25, -0.2) is 8.78 Å². The van der Waals surface area contributed by atoms with Crippen molar-refractivity contribution in [2.45, 2.75) is 6.92 Å². The van der Waals surface area contributed by atoms with Crippen LogP contribution < -0.4 is 5.43 Å². The van der Waals surface area contributed by atoms with E-state index in [1.807, 2.05) is 0 Å². The number of hydrogen-bond acceptors (Lipinski definition) is 2. The minimum atomic E-state index is -1.05. The highest BCUT2D eigenvalue weighted by atomic mass is 19.2. The molecule has 0 bridgehead atoms. The SMILES string of the molecule is Cc1cc(=O)c2cc(F)c(F)cc2o1. The zero-order chi connectivity index (χ0) is 10.3. The Bertz CT molecular complexity index is 558. The summed E-state index contributed by atoms with van der Waals surface area (Å²) in [5.41, 5.74) is -0.309. The molecule has 0 unspecified atom stereocenters. The van der Waals surface area contributed by atoms with Gasteiger partial charge in [0.1, 0.15) is 11.3 Å². The molecule has 2 nitrogen and oxygen atoms in total. The molecule has 0 atom stereocenters. The molecule has 0 radical (unpaired) electrons. The summed E-state index contributed by atoms with van der Waals surface area (Å²) in [6.45, 7) is 1.57. The van der Waals surface area contributed by atoms with Crippen LogP contribution >= 0.6 is 0 Å². The van der Waals surface area contributed by atoms with Crippen molar-refractivity contribution in [1.29, 1.82) is 0 Å². The van der Waals surface area contributed by atoms with Gasteiger partial charge in [0.25, 0.3) is 0 Å². The van der Waals surface area contributed by atoms with Gasteiger partial charge in [0.15, 0.2) is 17.1 Å². The highest BCUT2D eigenvalue weighted by Crippen LogP contribution is 2.16. The largest absolute Gasteiger partial charge is 0.461 e. The molecule has 0 saturated heterocycles. The van der Waals surface area contributed by atoms with Crippen molar-refractivity contribution in [2.24, 2.45) is 0 Å². The average molecular weight is 196 g/mol. The van der Waals surface area contributed by atoms with E-state index < -0.39 is 11.6 Å². The van der Waals surface area contributed by atoms with Crippen molar-refractivity contribution in [3.05, 3.63) is 45.8 Å². The molecule has 0 saturated carbocycles. The first kappa shape index (κ1) is 8.87. The normalized spacial score (nSPS) is 10.8. The highest BCUT2D eigenvalue weighted by Gasteiger charge is 2.08. The topological polar surface area (TPSA) is 30.2 Å². The van der Waals surface area contributed by atoms with Gasteiger partial charge in [-0.2, -0.15) is 0 Å². The van der Waals surface area contributed by atoms with Gasteiger partial charge in [-0.3, -0.25) is 4.79 Å². The van der Waals surface area contributed by atoms with Gasteiger partial charge < -0.3 is 4.42 Å². The summed E-state index contributed by atoms with van der Waals surface area (Å²) < 4.78 is 30.6. The first-order valence-electron chi connectivity index (χ1n) is 3.97. The Morgan fingerprint density at radius 3 is 2.50 bits per heavy atom. The molecule has 0 aliphatic carbocycles. The van der Waals surface area contributed by atoms with Gasteiger partial charge in [-0.1, -0.05) is 0 Å². The molecule has 0 aliphatic rings. The second-order valence-electron chi connectivity index (χ2n) is 2.98. The Morgan fingerprint density at radius 1 is 1.14 bits per heavy atom. The molecule has 2 rings (SSSR count). The van der Waals surface area contributed by atoms with Crippen LogP contribution in [0.25, 0.3) is 11.0 Å². The molecule has 1 aromatic carbocycles. The third-order valence-electron chi connectivity index (χ3n) is 1.89. The van der Waals surface area contributed by atoms with Crippen LogP contribution in [0.2, 0.25) is 0 Å². The quantitative estimate of drug-likeness (QED) is 0.647. The van der Waals surface area contributed by atoms with Crippen molar-refractivity contribution in [3.63, 3.8) is 0 Å². The summed E-state index contributed by atoms with van der Waals surface area (Å²) in [6.07, 6.45) is 0. The molecular formula is C10H6F2O2. The maximum atomic E-state index is 12.8. The van der Waals surface area contributed by atoms with E-state index in [9.17, 15) is 13.6 Å². The number of rotatable bonds is 0. The minimum absolute atomic E-state index is 0.0505. The van der Waals surface area contributed by atoms with E-state index in [4.69, 9.17) is 4.42 Å². The van der Waals surface area contributed by atoms with E-state index in [1.165, 1.54) is 6.07 Å². The predicted molar refractivity (Wildman–Crippen MR) is 47.1 cm³/mol. The van der Waals surface area contributed by atoms with Crippen molar-refractivity contribution >= 4 is 11.0 Å². The van der Waals surface area contributed by atoms with Gasteiger partial charge >= 0.3 is 0 Å². The van der Waals surface area contributed by atoms with Gasteiger partial charge in [-0.15, -0.1) is 0 Å². The molecule has 0 fully saturated rings. The van der Waals surface area contributed by atoms with Crippen LogP contribution in [0.5, 0.6) is 0 Å². The van der Waals surface area contributed by atoms with Crippen LogP contribution in [0.15, 0.2) is 27.4 Å². The average Bonchev–Trinajstić information content (AvgIpc) is 2.08. The Balaban J connectivity index is 2.96. The summed E-state index contributed by atoms with van der Waals surface area (Å²) in [6, 6.07) is 2.95. The molecule has 0 N–H and O–H groups in total. The number of benzene rings is 1. The fourth-order valence-electron chi connectivity index (χ4n) is 1.27. The molecule has 0 amide bonds. The first-order chi connectivity index (χ1) is 6.58. The van der Waals surface area contributed by atoms with Crippen LogP contribution in [0, 0.1) is 18.6 Å². The van der Waals surface area contributed by atoms with Gasteiger partial charge in [0, 0.05) is 12.1 Å². The molecule has 1 heterocycles. The fraction of sp³-hybridized carbons (Fsp3) is 0.100. The van der Waals surface area contributed by atoms with Gasteiger partial charge in [0.05, 0.1) is 5.39 Å². The number of hydrogen-bond donors (Lipinski definition) is 0.